The molecule has 0 fully saturated rings. The molecule has 6 nitrogen and oxygen atoms in total. The van der Waals surface area contributed by atoms with Crippen molar-refractivity contribution in [1.29, 1.82) is 0 Å². The molecule has 0 aliphatic carbocycles. The van der Waals surface area contributed by atoms with Crippen molar-refractivity contribution in [3.8, 4) is 0 Å². The van der Waals surface area contributed by atoms with Crippen molar-refractivity contribution in [2.45, 2.75) is 33.4 Å². The highest BCUT2D eigenvalue weighted by molar-refractivity contribution is 6.33. The molecule has 0 atom stereocenters. The van der Waals surface area contributed by atoms with Crippen LogP contribution in [0.15, 0.2) is 30.5 Å². The monoisotopic (exact) mass is 425 g/mol. The summed E-state index contributed by atoms with van der Waals surface area (Å²) in [5.74, 6) is 0.138. The minimum atomic E-state index is -0.197. The predicted octanol–water partition coefficient (Wildman–Crippen LogP) is 4.73. The minimum absolute atomic E-state index is 0.197. The third-order valence-electron chi connectivity index (χ3n) is 4.08. The Morgan fingerprint density at radius 3 is 2.44 bits per heavy atom. The number of benzene rings is 1. The molecular weight excluding hydrogens is 409 g/mol. The number of halogens is 3. The summed E-state index contributed by atoms with van der Waals surface area (Å²) < 4.78 is 3.39. The van der Waals surface area contributed by atoms with Crippen LogP contribution in [0.2, 0.25) is 15.1 Å². The summed E-state index contributed by atoms with van der Waals surface area (Å²) >= 11 is 18.2. The van der Waals surface area contributed by atoms with Crippen LogP contribution in [0.4, 0.5) is 5.82 Å². The van der Waals surface area contributed by atoms with Gasteiger partial charge in [-0.05, 0) is 31.5 Å². The van der Waals surface area contributed by atoms with Crippen molar-refractivity contribution < 1.29 is 4.79 Å². The summed E-state index contributed by atoms with van der Waals surface area (Å²) in [5.41, 5.74) is 2.61. The lowest BCUT2D eigenvalue weighted by molar-refractivity contribution is -0.116. The first kappa shape index (κ1) is 19.7. The highest BCUT2D eigenvalue weighted by Gasteiger charge is 2.13. The molecule has 0 saturated carbocycles. The van der Waals surface area contributed by atoms with Crippen LogP contribution < -0.4 is 5.32 Å². The molecule has 0 aliphatic rings. The molecule has 2 heterocycles. The number of hydrogen-bond donors (Lipinski definition) is 1. The molecule has 0 spiro atoms. The van der Waals surface area contributed by atoms with Crippen molar-refractivity contribution in [1.82, 2.24) is 19.6 Å². The first-order valence-corrected chi connectivity index (χ1v) is 9.43. The zero-order valence-electron chi connectivity index (χ0n) is 14.8. The Bertz CT molecular complexity index is 962. The first-order valence-electron chi connectivity index (χ1n) is 8.30. The lowest BCUT2D eigenvalue weighted by Crippen LogP contribution is -2.16. The summed E-state index contributed by atoms with van der Waals surface area (Å²) in [7, 11) is 0. The Labute approximate surface area is 172 Å². The van der Waals surface area contributed by atoms with E-state index in [2.05, 4.69) is 15.5 Å². The van der Waals surface area contributed by atoms with Crippen LogP contribution in [0.1, 0.15) is 23.4 Å². The van der Waals surface area contributed by atoms with Crippen molar-refractivity contribution in [3.05, 3.63) is 62.5 Å². The fourth-order valence-corrected chi connectivity index (χ4v) is 3.09. The zero-order chi connectivity index (χ0) is 19.6. The van der Waals surface area contributed by atoms with Gasteiger partial charge in [0.2, 0.25) is 5.91 Å². The van der Waals surface area contributed by atoms with E-state index in [0.29, 0.717) is 34.0 Å². The fraction of sp³-hybridized carbons (Fsp3) is 0.278. The number of carbonyl (C=O) groups is 1. The topological polar surface area (TPSA) is 64.7 Å². The highest BCUT2D eigenvalue weighted by atomic mass is 35.5. The molecule has 142 valence electrons. The number of aromatic nitrogens is 4. The smallest absolute Gasteiger partial charge is 0.227 e. The quantitative estimate of drug-likeness (QED) is 0.619. The lowest BCUT2D eigenvalue weighted by atomic mass is 10.2. The molecule has 27 heavy (non-hydrogen) atoms. The van der Waals surface area contributed by atoms with Crippen LogP contribution in [0.5, 0.6) is 0 Å². The van der Waals surface area contributed by atoms with E-state index < -0.39 is 0 Å². The molecule has 1 amide bonds. The Morgan fingerprint density at radius 1 is 1.11 bits per heavy atom. The summed E-state index contributed by atoms with van der Waals surface area (Å²) in [6.07, 6.45) is 1.91. The van der Waals surface area contributed by atoms with Crippen molar-refractivity contribution in [2.75, 3.05) is 5.32 Å². The molecule has 0 bridgehead atoms. The largest absolute Gasteiger partial charge is 0.308 e. The van der Waals surface area contributed by atoms with Gasteiger partial charge in [0.1, 0.15) is 5.02 Å². The van der Waals surface area contributed by atoms with Crippen LogP contribution in [-0.4, -0.2) is 25.5 Å². The van der Waals surface area contributed by atoms with Gasteiger partial charge < -0.3 is 5.32 Å². The Kier molecular flexibility index (Phi) is 6.09. The lowest BCUT2D eigenvalue weighted by Gasteiger charge is -2.05. The van der Waals surface area contributed by atoms with Crippen LogP contribution in [0.3, 0.4) is 0 Å². The number of amides is 1. The van der Waals surface area contributed by atoms with Crippen LogP contribution in [-0.2, 0) is 17.9 Å². The van der Waals surface area contributed by atoms with Gasteiger partial charge in [0.25, 0.3) is 0 Å². The van der Waals surface area contributed by atoms with Gasteiger partial charge in [-0.3, -0.25) is 14.2 Å². The Balaban J connectivity index is 1.60. The van der Waals surface area contributed by atoms with E-state index in [1.54, 1.807) is 15.6 Å². The number of carbonyl (C=O) groups excluding carboxylic acids is 1. The third kappa shape index (κ3) is 4.83. The van der Waals surface area contributed by atoms with Gasteiger partial charge in [-0.25, -0.2) is 0 Å². The molecule has 0 saturated heterocycles. The average Bonchev–Trinajstić information content (AvgIpc) is 3.09. The maximum atomic E-state index is 12.2. The molecule has 2 aromatic heterocycles. The molecule has 9 heteroatoms. The summed E-state index contributed by atoms with van der Waals surface area (Å²) in [4.78, 5) is 12.2. The molecule has 0 aliphatic heterocycles. The summed E-state index contributed by atoms with van der Waals surface area (Å²) in [5, 5.41) is 13.1. The molecule has 1 aromatic carbocycles. The number of nitrogens with one attached hydrogen (secondary N) is 1. The van der Waals surface area contributed by atoms with Crippen molar-refractivity contribution >= 4 is 46.5 Å². The van der Waals surface area contributed by atoms with Crippen molar-refractivity contribution in [2.24, 2.45) is 0 Å². The Morgan fingerprint density at radius 2 is 1.81 bits per heavy atom. The molecule has 0 radical (unpaired) electrons. The highest BCUT2D eigenvalue weighted by Crippen LogP contribution is 2.21. The third-order valence-corrected chi connectivity index (χ3v) is 5.15. The van der Waals surface area contributed by atoms with E-state index in [1.807, 2.05) is 38.1 Å². The maximum Gasteiger partial charge on any atom is 0.227 e. The SMILES string of the molecule is Cc1nn(CCC(=O)Nc2nn(Cc3ccc(Cl)cc3)cc2Cl)c(C)c1Cl. The normalized spacial score (nSPS) is 11.0. The second kappa shape index (κ2) is 8.33. The first-order chi connectivity index (χ1) is 12.8. The van der Waals surface area contributed by atoms with E-state index in [-0.39, 0.29) is 12.3 Å². The van der Waals surface area contributed by atoms with Crippen molar-refractivity contribution in [3.63, 3.8) is 0 Å². The van der Waals surface area contributed by atoms with Crippen LogP contribution in [0, 0.1) is 13.8 Å². The van der Waals surface area contributed by atoms with Gasteiger partial charge in [-0.1, -0.05) is 46.9 Å². The van der Waals surface area contributed by atoms with Gasteiger partial charge in [0.05, 0.1) is 29.5 Å². The zero-order valence-corrected chi connectivity index (χ0v) is 17.1. The van der Waals surface area contributed by atoms with Gasteiger partial charge in [-0.2, -0.15) is 10.2 Å². The number of aryl methyl sites for hydroxylation is 2. The van der Waals surface area contributed by atoms with E-state index in [4.69, 9.17) is 34.8 Å². The average molecular weight is 427 g/mol. The van der Waals surface area contributed by atoms with Gasteiger partial charge in [0, 0.05) is 17.6 Å². The molecule has 3 aromatic rings. The standard InChI is InChI=1S/C18H18Cl3N5O/c1-11-17(21)12(2)26(23-11)8-7-16(27)22-18-15(20)10-25(24-18)9-13-3-5-14(19)6-4-13/h3-6,10H,7-9H2,1-2H3,(H,22,24,27). The second-order valence-electron chi connectivity index (χ2n) is 6.16. The van der Waals surface area contributed by atoms with Crippen LogP contribution >= 0.6 is 34.8 Å². The number of nitrogens with zero attached hydrogens (tertiary/aromatic N) is 4. The predicted molar refractivity (Wildman–Crippen MR) is 108 cm³/mol. The molecule has 3 rings (SSSR count). The van der Waals surface area contributed by atoms with E-state index >= 15 is 0 Å². The van der Waals surface area contributed by atoms with E-state index in [9.17, 15) is 4.79 Å². The maximum absolute atomic E-state index is 12.2. The minimum Gasteiger partial charge on any atom is -0.308 e. The van der Waals surface area contributed by atoms with E-state index in [1.165, 1.54) is 0 Å². The van der Waals surface area contributed by atoms with Gasteiger partial charge >= 0.3 is 0 Å². The summed E-state index contributed by atoms with van der Waals surface area (Å²) in [6, 6.07) is 7.46. The summed E-state index contributed by atoms with van der Waals surface area (Å²) in [6.45, 7) is 4.65. The molecule has 1 N–H and O–H groups in total. The molecular formula is C18H18Cl3N5O. The number of hydrogen-bond acceptors (Lipinski definition) is 3. The number of anilines is 1. The second-order valence-corrected chi connectivity index (χ2v) is 7.38. The fourth-order valence-electron chi connectivity index (χ4n) is 2.63. The van der Waals surface area contributed by atoms with Crippen LogP contribution in [0.25, 0.3) is 0 Å². The number of rotatable bonds is 6. The molecule has 0 unspecified atom stereocenters. The van der Waals surface area contributed by atoms with Gasteiger partial charge in [-0.15, -0.1) is 0 Å². The van der Waals surface area contributed by atoms with E-state index in [0.717, 1.165) is 17.0 Å². The van der Waals surface area contributed by atoms with Gasteiger partial charge in [0.15, 0.2) is 5.82 Å². The Hall–Kier alpha value is -2.02.